The zero-order valence-corrected chi connectivity index (χ0v) is 13.5. The van der Waals surface area contributed by atoms with Crippen LogP contribution in [0, 0.1) is 0 Å². The molecule has 0 saturated heterocycles. The Kier molecular flexibility index (Phi) is 6.85. The summed E-state index contributed by atoms with van der Waals surface area (Å²) in [5.41, 5.74) is 1.34. The second-order valence-electron chi connectivity index (χ2n) is 5.04. The summed E-state index contributed by atoms with van der Waals surface area (Å²) in [5, 5.41) is 5.50. The quantitative estimate of drug-likeness (QED) is 0.710. The van der Waals surface area contributed by atoms with Gasteiger partial charge in [0.2, 0.25) is 0 Å². The fourth-order valence-corrected chi connectivity index (χ4v) is 1.98. The summed E-state index contributed by atoms with van der Waals surface area (Å²) in [4.78, 5) is 32.3. The highest BCUT2D eigenvalue weighted by atomic mass is 16.5. The number of carbonyl (C=O) groups is 2. The number of hydrogen-bond acceptors (Lipinski definition) is 5. The Balaban J connectivity index is 1.91. The normalized spacial score (nSPS) is 10.2. The minimum atomic E-state index is -0.314. The Morgan fingerprint density at radius 2 is 1.96 bits per heavy atom. The van der Waals surface area contributed by atoms with Gasteiger partial charge in [-0.15, -0.1) is 0 Å². The molecule has 126 valence electrons. The van der Waals surface area contributed by atoms with E-state index in [1.807, 2.05) is 18.2 Å². The Labute approximate surface area is 140 Å². The SMILES string of the molecule is COCCCNC(=O)c1cc(C(=O)NCc2ccccn2)ccn1. The molecule has 0 radical (unpaired) electrons. The smallest absolute Gasteiger partial charge is 0.269 e. The molecule has 2 aromatic heterocycles. The van der Waals surface area contributed by atoms with Gasteiger partial charge in [0.05, 0.1) is 12.2 Å². The maximum absolute atomic E-state index is 12.2. The number of amides is 2. The lowest BCUT2D eigenvalue weighted by molar-refractivity contribution is 0.0943. The first-order valence-corrected chi connectivity index (χ1v) is 7.62. The summed E-state index contributed by atoms with van der Waals surface area (Å²) in [7, 11) is 1.61. The molecule has 0 aliphatic rings. The second kappa shape index (κ2) is 9.36. The van der Waals surface area contributed by atoms with Gasteiger partial charge in [-0.2, -0.15) is 0 Å². The monoisotopic (exact) mass is 328 g/mol. The van der Waals surface area contributed by atoms with Gasteiger partial charge in [0.15, 0.2) is 0 Å². The largest absolute Gasteiger partial charge is 0.385 e. The van der Waals surface area contributed by atoms with Crippen molar-refractivity contribution in [1.29, 1.82) is 0 Å². The van der Waals surface area contributed by atoms with Crippen LogP contribution in [0.5, 0.6) is 0 Å². The van der Waals surface area contributed by atoms with E-state index >= 15 is 0 Å². The molecule has 2 aromatic rings. The molecule has 2 N–H and O–H groups in total. The molecule has 24 heavy (non-hydrogen) atoms. The summed E-state index contributed by atoms with van der Waals surface area (Å²) < 4.78 is 4.92. The van der Waals surface area contributed by atoms with Gasteiger partial charge in [0.25, 0.3) is 11.8 Å². The van der Waals surface area contributed by atoms with Crippen LogP contribution in [0.4, 0.5) is 0 Å². The van der Waals surface area contributed by atoms with E-state index in [4.69, 9.17) is 4.74 Å². The molecule has 0 saturated carbocycles. The van der Waals surface area contributed by atoms with Crippen LogP contribution in [0.3, 0.4) is 0 Å². The summed E-state index contributed by atoms with van der Waals surface area (Å²) in [6, 6.07) is 8.53. The van der Waals surface area contributed by atoms with Gasteiger partial charge in [0.1, 0.15) is 5.69 Å². The molecule has 2 amide bonds. The molecule has 0 atom stereocenters. The van der Waals surface area contributed by atoms with Gasteiger partial charge in [0, 0.05) is 38.2 Å². The minimum absolute atomic E-state index is 0.206. The van der Waals surface area contributed by atoms with Gasteiger partial charge < -0.3 is 15.4 Å². The van der Waals surface area contributed by atoms with Crippen molar-refractivity contribution < 1.29 is 14.3 Å². The number of nitrogens with zero attached hydrogens (tertiary/aromatic N) is 2. The fourth-order valence-electron chi connectivity index (χ4n) is 1.98. The number of carbonyl (C=O) groups excluding carboxylic acids is 2. The van der Waals surface area contributed by atoms with Crippen molar-refractivity contribution in [3.8, 4) is 0 Å². The van der Waals surface area contributed by atoms with Gasteiger partial charge in [-0.25, -0.2) is 0 Å². The van der Waals surface area contributed by atoms with E-state index in [1.54, 1.807) is 19.4 Å². The standard InChI is InChI=1S/C17H20N4O3/c1-24-10-4-8-20-17(23)15-11-13(6-9-19-15)16(22)21-12-14-5-2-3-7-18-14/h2-3,5-7,9,11H,4,8,10,12H2,1H3,(H,20,23)(H,21,22). The van der Waals surface area contributed by atoms with Crippen LogP contribution in [-0.4, -0.2) is 42.0 Å². The molecule has 0 unspecified atom stereocenters. The van der Waals surface area contributed by atoms with Crippen LogP contribution in [-0.2, 0) is 11.3 Å². The molecule has 0 aliphatic carbocycles. The van der Waals surface area contributed by atoms with Crippen molar-refractivity contribution in [2.45, 2.75) is 13.0 Å². The predicted octanol–water partition coefficient (Wildman–Crippen LogP) is 1.17. The van der Waals surface area contributed by atoms with E-state index < -0.39 is 0 Å². The molecule has 2 rings (SSSR count). The van der Waals surface area contributed by atoms with Crippen LogP contribution in [0.2, 0.25) is 0 Å². The highest BCUT2D eigenvalue weighted by Gasteiger charge is 2.11. The maximum atomic E-state index is 12.2. The summed E-state index contributed by atoms with van der Waals surface area (Å²) >= 11 is 0. The molecule has 7 nitrogen and oxygen atoms in total. The summed E-state index contributed by atoms with van der Waals surface area (Å²) in [6.45, 7) is 1.38. The van der Waals surface area contributed by atoms with E-state index in [1.165, 1.54) is 12.3 Å². The molecule has 2 heterocycles. The maximum Gasteiger partial charge on any atom is 0.269 e. The topological polar surface area (TPSA) is 93.2 Å². The highest BCUT2D eigenvalue weighted by molar-refractivity contribution is 5.98. The van der Waals surface area contributed by atoms with Crippen LogP contribution in [0.15, 0.2) is 42.7 Å². The third-order valence-electron chi connectivity index (χ3n) is 3.22. The number of rotatable bonds is 8. The summed E-state index contributed by atoms with van der Waals surface area (Å²) in [6.07, 6.45) is 3.83. The Morgan fingerprint density at radius 1 is 1.08 bits per heavy atom. The molecule has 0 fully saturated rings. The van der Waals surface area contributed by atoms with Crippen LogP contribution < -0.4 is 10.6 Å². The number of nitrogens with one attached hydrogen (secondary N) is 2. The average Bonchev–Trinajstić information content (AvgIpc) is 2.64. The second-order valence-corrected chi connectivity index (χ2v) is 5.04. The van der Waals surface area contributed by atoms with Crippen LogP contribution in [0.25, 0.3) is 0 Å². The van der Waals surface area contributed by atoms with Crippen LogP contribution >= 0.6 is 0 Å². The van der Waals surface area contributed by atoms with Gasteiger partial charge >= 0.3 is 0 Å². The van der Waals surface area contributed by atoms with E-state index in [0.29, 0.717) is 31.7 Å². The van der Waals surface area contributed by atoms with Crippen LogP contribution in [0.1, 0.15) is 33.0 Å². The zero-order chi connectivity index (χ0) is 17.2. The lowest BCUT2D eigenvalue weighted by Crippen LogP contribution is -2.27. The number of aromatic nitrogens is 2. The van der Waals surface area contributed by atoms with Crippen molar-refractivity contribution in [2.75, 3.05) is 20.3 Å². The Bertz CT molecular complexity index is 677. The molecule has 0 bridgehead atoms. The van der Waals surface area contributed by atoms with Gasteiger partial charge in [-0.1, -0.05) is 6.07 Å². The number of hydrogen-bond donors (Lipinski definition) is 2. The average molecular weight is 328 g/mol. The zero-order valence-electron chi connectivity index (χ0n) is 13.5. The third-order valence-corrected chi connectivity index (χ3v) is 3.22. The first-order valence-electron chi connectivity index (χ1n) is 7.62. The number of ether oxygens (including phenoxy) is 1. The van der Waals surface area contributed by atoms with Crippen molar-refractivity contribution in [3.05, 3.63) is 59.7 Å². The van der Waals surface area contributed by atoms with Crippen molar-refractivity contribution in [2.24, 2.45) is 0 Å². The van der Waals surface area contributed by atoms with E-state index in [0.717, 1.165) is 5.69 Å². The minimum Gasteiger partial charge on any atom is -0.385 e. The van der Waals surface area contributed by atoms with Gasteiger partial charge in [-0.05, 0) is 30.7 Å². The predicted molar refractivity (Wildman–Crippen MR) is 88.5 cm³/mol. The first-order chi connectivity index (χ1) is 11.7. The molecule has 0 spiro atoms. The molecule has 0 aliphatic heterocycles. The Morgan fingerprint density at radius 3 is 2.71 bits per heavy atom. The molecule has 0 aromatic carbocycles. The lowest BCUT2D eigenvalue weighted by atomic mass is 10.2. The molecule has 7 heteroatoms. The van der Waals surface area contributed by atoms with Crippen molar-refractivity contribution >= 4 is 11.8 Å². The van der Waals surface area contributed by atoms with E-state index in [-0.39, 0.29) is 17.5 Å². The van der Waals surface area contributed by atoms with E-state index in [2.05, 4.69) is 20.6 Å². The first kappa shape index (κ1) is 17.6. The van der Waals surface area contributed by atoms with E-state index in [9.17, 15) is 9.59 Å². The lowest BCUT2D eigenvalue weighted by Gasteiger charge is -2.07. The fraction of sp³-hybridized carbons (Fsp3) is 0.294. The molecular formula is C17H20N4O3. The van der Waals surface area contributed by atoms with Crippen molar-refractivity contribution in [3.63, 3.8) is 0 Å². The highest BCUT2D eigenvalue weighted by Crippen LogP contribution is 2.03. The van der Waals surface area contributed by atoms with Crippen molar-refractivity contribution in [1.82, 2.24) is 20.6 Å². The third kappa shape index (κ3) is 5.44. The molecular weight excluding hydrogens is 308 g/mol. The van der Waals surface area contributed by atoms with Gasteiger partial charge in [-0.3, -0.25) is 19.6 Å². The summed E-state index contributed by atoms with van der Waals surface area (Å²) in [5.74, 6) is -0.595. The number of methoxy groups -OCH3 is 1. The Hall–Kier alpha value is -2.80. The number of pyridine rings is 2.